The number of hydrogen-bond acceptors (Lipinski definition) is 5. The number of nitrogens with zero attached hydrogens (tertiary/aromatic N) is 3. The predicted molar refractivity (Wildman–Crippen MR) is 129 cm³/mol. The van der Waals surface area contributed by atoms with Crippen molar-refractivity contribution in [2.24, 2.45) is 0 Å². The molecule has 32 heavy (non-hydrogen) atoms. The molecule has 1 heterocycles. The van der Waals surface area contributed by atoms with E-state index >= 15 is 0 Å². The Morgan fingerprint density at radius 2 is 1.81 bits per heavy atom. The first-order chi connectivity index (χ1) is 15.5. The number of thioether (sulfide) groups is 1. The van der Waals surface area contributed by atoms with E-state index in [0.29, 0.717) is 27.4 Å². The summed E-state index contributed by atoms with van der Waals surface area (Å²) >= 11 is 7.40. The Kier molecular flexibility index (Phi) is 6.78. The van der Waals surface area contributed by atoms with Crippen molar-refractivity contribution in [3.63, 3.8) is 0 Å². The van der Waals surface area contributed by atoms with Crippen molar-refractivity contribution in [2.75, 3.05) is 18.2 Å². The second-order valence-corrected chi connectivity index (χ2v) is 8.43. The summed E-state index contributed by atoms with van der Waals surface area (Å²) in [5.41, 5.74) is 3.64. The summed E-state index contributed by atoms with van der Waals surface area (Å²) in [4.78, 5) is 12.5. The van der Waals surface area contributed by atoms with Gasteiger partial charge in [-0.1, -0.05) is 59.3 Å². The zero-order valence-electron chi connectivity index (χ0n) is 17.6. The van der Waals surface area contributed by atoms with Crippen LogP contribution in [-0.4, -0.2) is 33.5 Å². The molecule has 0 saturated heterocycles. The highest BCUT2D eigenvalue weighted by atomic mass is 35.5. The molecule has 0 aliphatic heterocycles. The number of amides is 1. The third kappa shape index (κ3) is 5.12. The summed E-state index contributed by atoms with van der Waals surface area (Å²) in [5.74, 6) is 1.41. The average Bonchev–Trinajstić information content (AvgIpc) is 3.23. The van der Waals surface area contributed by atoms with Gasteiger partial charge >= 0.3 is 0 Å². The minimum absolute atomic E-state index is 0.147. The van der Waals surface area contributed by atoms with E-state index in [-0.39, 0.29) is 11.7 Å². The molecule has 1 N–H and O–H groups in total. The van der Waals surface area contributed by atoms with E-state index in [9.17, 15) is 4.79 Å². The van der Waals surface area contributed by atoms with Crippen LogP contribution in [0.4, 0.5) is 5.69 Å². The number of ether oxygens (including phenoxy) is 1. The van der Waals surface area contributed by atoms with Crippen molar-refractivity contribution in [3.8, 4) is 22.8 Å². The maximum Gasteiger partial charge on any atom is 0.234 e. The molecule has 0 saturated carbocycles. The lowest BCUT2D eigenvalue weighted by atomic mass is 10.1. The lowest BCUT2D eigenvalue weighted by Crippen LogP contribution is -2.14. The summed E-state index contributed by atoms with van der Waals surface area (Å²) in [6.45, 7) is 2.04. The fourth-order valence-electron chi connectivity index (χ4n) is 3.10. The zero-order chi connectivity index (χ0) is 22.5. The number of carbonyl (C=O) groups is 1. The topological polar surface area (TPSA) is 69.0 Å². The molecule has 4 aromatic rings. The predicted octanol–water partition coefficient (Wildman–Crippen LogP) is 5.64. The standard InChI is InChI=1S/C24H21ClN4O2S/c1-16-6-8-17(9-7-16)23-27-28-24(29(23)20-12-10-18(25)11-13-20)32-15-22(30)26-19-4-3-5-21(14-19)31-2/h3-14H,15H2,1-2H3,(H,26,30). The largest absolute Gasteiger partial charge is 0.497 e. The summed E-state index contributed by atoms with van der Waals surface area (Å²) in [5, 5.41) is 12.9. The van der Waals surface area contributed by atoms with Gasteiger partial charge in [-0.05, 0) is 43.3 Å². The Morgan fingerprint density at radius 3 is 2.53 bits per heavy atom. The highest BCUT2D eigenvalue weighted by molar-refractivity contribution is 7.99. The Morgan fingerprint density at radius 1 is 1.06 bits per heavy atom. The fraction of sp³-hybridized carbons (Fsp3) is 0.125. The van der Waals surface area contributed by atoms with E-state index in [4.69, 9.17) is 16.3 Å². The molecule has 4 rings (SSSR count). The maximum absolute atomic E-state index is 12.5. The monoisotopic (exact) mass is 464 g/mol. The van der Waals surface area contributed by atoms with Crippen molar-refractivity contribution in [3.05, 3.63) is 83.4 Å². The van der Waals surface area contributed by atoms with Gasteiger partial charge < -0.3 is 10.1 Å². The smallest absolute Gasteiger partial charge is 0.234 e. The van der Waals surface area contributed by atoms with Gasteiger partial charge in [0.25, 0.3) is 0 Å². The fourth-order valence-corrected chi connectivity index (χ4v) is 3.98. The second kappa shape index (κ2) is 9.89. The normalized spacial score (nSPS) is 10.7. The quantitative estimate of drug-likeness (QED) is 0.359. The number of halogens is 1. The highest BCUT2D eigenvalue weighted by Crippen LogP contribution is 2.29. The van der Waals surface area contributed by atoms with Crippen molar-refractivity contribution >= 4 is 35.0 Å². The Hall–Kier alpha value is -3.29. The molecule has 0 radical (unpaired) electrons. The van der Waals surface area contributed by atoms with E-state index in [2.05, 4.69) is 15.5 Å². The van der Waals surface area contributed by atoms with E-state index < -0.39 is 0 Å². The van der Waals surface area contributed by atoms with Crippen LogP contribution in [0.3, 0.4) is 0 Å². The Bertz CT molecular complexity index is 1220. The molecular weight excluding hydrogens is 444 g/mol. The minimum Gasteiger partial charge on any atom is -0.497 e. The van der Waals surface area contributed by atoms with Gasteiger partial charge in [-0.3, -0.25) is 9.36 Å². The number of nitrogens with one attached hydrogen (secondary N) is 1. The Labute approximate surface area is 195 Å². The van der Waals surface area contributed by atoms with Crippen LogP contribution in [-0.2, 0) is 4.79 Å². The maximum atomic E-state index is 12.5. The number of aromatic nitrogens is 3. The number of rotatable bonds is 7. The molecule has 162 valence electrons. The third-order valence-electron chi connectivity index (χ3n) is 4.71. The van der Waals surface area contributed by atoms with Crippen molar-refractivity contribution in [2.45, 2.75) is 12.1 Å². The van der Waals surface area contributed by atoms with Gasteiger partial charge in [-0.15, -0.1) is 10.2 Å². The van der Waals surface area contributed by atoms with Crippen LogP contribution in [0.15, 0.2) is 78.0 Å². The lowest BCUT2D eigenvalue weighted by molar-refractivity contribution is -0.113. The summed E-state index contributed by atoms with van der Waals surface area (Å²) in [7, 11) is 1.59. The van der Waals surface area contributed by atoms with Crippen molar-refractivity contribution in [1.29, 1.82) is 0 Å². The molecule has 0 fully saturated rings. The molecule has 0 aliphatic carbocycles. The summed E-state index contributed by atoms with van der Waals surface area (Å²) in [6, 6.07) is 22.8. The SMILES string of the molecule is COc1cccc(NC(=O)CSc2nnc(-c3ccc(C)cc3)n2-c2ccc(Cl)cc2)c1. The average molecular weight is 465 g/mol. The van der Waals surface area contributed by atoms with Gasteiger partial charge in [-0.2, -0.15) is 0 Å². The molecule has 0 unspecified atom stereocenters. The number of carbonyl (C=O) groups excluding carboxylic acids is 1. The zero-order valence-corrected chi connectivity index (χ0v) is 19.2. The molecule has 0 atom stereocenters. The summed E-state index contributed by atoms with van der Waals surface area (Å²) < 4.78 is 7.14. The van der Waals surface area contributed by atoms with Crippen molar-refractivity contribution < 1.29 is 9.53 Å². The third-order valence-corrected chi connectivity index (χ3v) is 5.89. The molecule has 1 aromatic heterocycles. The number of anilines is 1. The highest BCUT2D eigenvalue weighted by Gasteiger charge is 2.17. The van der Waals surface area contributed by atoms with Crippen LogP contribution in [0.2, 0.25) is 5.02 Å². The van der Waals surface area contributed by atoms with Gasteiger partial charge in [0, 0.05) is 28.0 Å². The molecule has 3 aromatic carbocycles. The lowest BCUT2D eigenvalue weighted by Gasteiger charge is -2.11. The molecule has 0 bridgehead atoms. The van der Waals surface area contributed by atoms with E-state index in [1.54, 1.807) is 13.2 Å². The van der Waals surface area contributed by atoms with Crippen LogP contribution < -0.4 is 10.1 Å². The van der Waals surface area contributed by atoms with Crippen LogP contribution in [0.5, 0.6) is 5.75 Å². The molecule has 8 heteroatoms. The summed E-state index contributed by atoms with van der Waals surface area (Å²) in [6.07, 6.45) is 0. The number of benzene rings is 3. The number of methoxy groups -OCH3 is 1. The molecule has 6 nitrogen and oxygen atoms in total. The second-order valence-electron chi connectivity index (χ2n) is 7.05. The van der Waals surface area contributed by atoms with E-state index in [1.165, 1.54) is 11.8 Å². The molecule has 0 aliphatic rings. The van der Waals surface area contributed by atoms with Crippen LogP contribution in [0, 0.1) is 6.92 Å². The van der Waals surface area contributed by atoms with Gasteiger partial charge in [0.1, 0.15) is 5.75 Å². The first-order valence-electron chi connectivity index (χ1n) is 9.88. The van der Waals surface area contributed by atoms with Gasteiger partial charge in [0.05, 0.1) is 12.9 Å². The van der Waals surface area contributed by atoms with E-state index in [0.717, 1.165) is 16.8 Å². The van der Waals surface area contributed by atoms with E-state index in [1.807, 2.05) is 78.2 Å². The van der Waals surface area contributed by atoms with Crippen molar-refractivity contribution in [1.82, 2.24) is 14.8 Å². The van der Waals surface area contributed by atoms with Crippen LogP contribution >= 0.6 is 23.4 Å². The van der Waals surface area contributed by atoms with Crippen LogP contribution in [0.1, 0.15) is 5.56 Å². The molecule has 1 amide bonds. The molecular formula is C24H21ClN4O2S. The van der Waals surface area contributed by atoms with Gasteiger partial charge in [-0.25, -0.2) is 0 Å². The first kappa shape index (κ1) is 21.9. The van der Waals surface area contributed by atoms with Crippen LogP contribution in [0.25, 0.3) is 17.1 Å². The molecule has 0 spiro atoms. The number of aryl methyl sites for hydroxylation is 1. The first-order valence-corrected chi connectivity index (χ1v) is 11.2. The number of hydrogen-bond donors (Lipinski definition) is 1. The minimum atomic E-state index is -0.147. The van der Waals surface area contributed by atoms with Gasteiger partial charge in [0.15, 0.2) is 11.0 Å². The Balaban J connectivity index is 1.58. The van der Waals surface area contributed by atoms with Gasteiger partial charge in [0.2, 0.25) is 5.91 Å².